The average molecular weight is 577 g/mol. The quantitative estimate of drug-likeness (QED) is 0.297. The topological polar surface area (TPSA) is 88.6 Å². The number of likely N-dealkylation sites (tertiary alicyclic amines) is 1. The number of fused-ring (bicyclic) bond motifs is 2. The molecule has 3 fully saturated rings. The first kappa shape index (κ1) is 26.7. The van der Waals surface area contributed by atoms with E-state index in [-0.39, 0.29) is 6.10 Å². The normalized spacial score (nSPS) is 21.8. The Morgan fingerprint density at radius 3 is 2.71 bits per heavy atom. The monoisotopic (exact) mass is 576 g/mol. The van der Waals surface area contributed by atoms with Crippen molar-refractivity contribution in [3.05, 3.63) is 35.0 Å². The van der Waals surface area contributed by atoms with E-state index < -0.39 is 0 Å². The van der Waals surface area contributed by atoms with Gasteiger partial charge in [0.05, 0.1) is 29.9 Å². The zero-order valence-electron chi connectivity index (χ0n) is 23.8. The Labute approximate surface area is 245 Å². The number of aromatic amines is 1. The van der Waals surface area contributed by atoms with Crippen LogP contribution in [0.2, 0.25) is 5.02 Å². The SMILES string of the molecule is Cc1ccc2[nH]ncc2c1-c1c(Cl)cc2c(N3CCCCC3)nc(OC[C@@H]3CCCN3C)nc2c1OC1CCOC1. The Hall–Kier alpha value is -3.14. The second kappa shape index (κ2) is 11.3. The minimum absolute atomic E-state index is 0.0933. The Morgan fingerprint density at radius 1 is 1.05 bits per heavy atom. The molecule has 216 valence electrons. The highest BCUT2D eigenvalue weighted by Crippen LogP contribution is 2.48. The summed E-state index contributed by atoms with van der Waals surface area (Å²) in [6.07, 6.45) is 8.36. The zero-order valence-corrected chi connectivity index (χ0v) is 24.5. The van der Waals surface area contributed by atoms with Gasteiger partial charge in [-0.2, -0.15) is 15.1 Å². The number of ether oxygens (including phenoxy) is 3. The molecule has 2 aromatic heterocycles. The van der Waals surface area contributed by atoms with Crippen LogP contribution in [0, 0.1) is 6.92 Å². The van der Waals surface area contributed by atoms with E-state index in [9.17, 15) is 0 Å². The number of nitrogens with zero attached hydrogens (tertiary/aromatic N) is 5. The van der Waals surface area contributed by atoms with Crippen molar-refractivity contribution in [3.8, 4) is 22.9 Å². The van der Waals surface area contributed by atoms with Crippen molar-refractivity contribution >= 4 is 39.2 Å². The van der Waals surface area contributed by atoms with E-state index in [1.54, 1.807) is 0 Å². The number of benzene rings is 2. The number of piperidine rings is 1. The molecule has 0 amide bonds. The van der Waals surface area contributed by atoms with E-state index in [2.05, 4.69) is 40.0 Å². The van der Waals surface area contributed by atoms with Crippen LogP contribution in [0.3, 0.4) is 0 Å². The van der Waals surface area contributed by atoms with Crippen molar-refractivity contribution in [3.63, 3.8) is 0 Å². The molecule has 41 heavy (non-hydrogen) atoms. The van der Waals surface area contributed by atoms with Gasteiger partial charge in [-0.15, -0.1) is 0 Å². The van der Waals surface area contributed by atoms with Crippen molar-refractivity contribution in [2.24, 2.45) is 0 Å². The number of aryl methyl sites for hydroxylation is 1. The van der Waals surface area contributed by atoms with Gasteiger partial charge < -0.3 is 24.0 Å². The minimum Gasteiger partial charge on any atom is -0.485 e. The first-order valence-corrected chi connectivity index (χ1v) is 15.2. The summed E-state index contributed by atoms with van der Waals surface area (Å²) in [7, 11) is 2.16. The van der Waals surface area contributed by atoms with Crippen molar-refractivity contribution in [1.29, 1.82) is 0 Å². The predicted octanol–water partition coefficient (Wildman–Crippen LogP) is 5.77. The summed E-state index contributed by atoms with van der Waals surface area (Å²) < 4.78 is 18.9. The van der Waals surface area contributed by atoms with Gasteiger partial charge in [-0.1, -0.05) is 17.7 Å². The lowest BCUT2D eigenvalue weighted by atomic mass is 9.94. The third-order valence-corrected chi connectivity index (χ3v) is 9.14. The molecule has 0 bridgehead atoms. The van der Waals surface area contributed by atoms with Crippen LogP contribution in [0.5, 0.6) is 11.8 Å². The molecule has 0 radical (unpaired) electrons. The molecule has 9 nitrogen and oxygen atoms in total. The zero-order chi connectivity index (χ0) is 27.9. The first-order valence-electron chi connectivity index (χ1n) is 14.9. The van der Waals surface area contributed by atoms with Crippen molar-refractivity contribution in [2.45, 2.75) is 57.6 Å². The second-order valence-electron chi connectivity index (χ2n) is 11.6. The van der Waals surface area contributed by atoms with Gasteiger partial charge in [0.1, 0.15) is 24.0 Å². The van der Waals surface area contributed by atoms with E-state index in [0.29, 0.717) is 42.6 Å². The molecule has 7 rings (SSSR count). The third kappa shape index (κ3) is 5.08. The van der Waals surface area contributed by atoms with Crippen LogP contribution < -0.4 is 14.4 Å². The molecule has 0 aliphatic carbocycles. The third-order valence-electron chi connectivity index (χ3n) is 8.84. The number of hydrogen-bond donors (Lipinski definition) is 1. The summed E-state index contributed by atoms with van der Waals surface area (Å²) in [4.78, 5) is 14.8. The van der Waals surface area contributed by atoms with Gasteiger partial charge >= 0.3 is 6.01 Å². The Kier molecular flexibility index (Phi) is 7.35. The molecule has 4 aromatic rings. The van der Waals surface area contributed by atoms with Crippen molar-refractivity contribution < 1.29 is 14.2 Å². The maximum absolute atomic E-state index is 7.23. The van der Waals surface area contributed by atoms with Crippen molar-refractivity contribution in [1.82, 2.24) is 25.1 Å². The molecule has 0 spiro atoms. The molecule has 3 aliphatic rings. The first-order chi connectivity index (χ1) is 20.1. The number of rotatable bonds is 7. The Balaban J connectivity index is 1.44. The number of halogens is 1. The Morgan fingerprint density at radius 2 is 1.93 bits per heavy atom. The largest absolute Gasteiger partial charge is 0.485 e. The van der Waals surface area contributed by atoms with Gasteiger partial charge in [0, 0.05) is 47.5 Å². The summed E-state index contributed by atoms with van der Waals surface area (Å²) in [5.74, 6) is 1.52. The van der Waals surface area contributed by atoms with Gasteiger partial charge in [-0.3, -0.25) is 5.10 Å². The molecule has 1 unspecified atom stereocenters. The highest BCUT2D eigenvalue weighted by molar-refractivity contribution is 6.35. The fraction of sp³-hybridized carbons (Fsp3) is 0.516. The van der Waals surface area contributed by atoms with Crippen LogP contribution in [-0.2, 0) is 4.74 Å². The van der Waals surface area contributed by atoms with Crippen LogP contribution >= 0.6 is 11.6 Å². The molecule has 3 aliphatic heterocycles. The summed E-state index contributed by atoms with van der Waals surface area (Å²) in [6.45, 7) is 6.83. The predicted molar refractivity (Wildman–Crippen MR) is 161 cm³/mol. The highest BCUT2D eigenvalue weighted by Gasteiger charge is 2.29. The van der Waals surface area contributed by atoms with Crippen molar-refractivity contribution in [2.75, 3.05) is 51.4 Å². The molecule has 3 saturated heterocycles. The summed E-state index contributed by atoms with van der Waals surface area (Å²) in [5.41, 5.74) is 4.56. The number of aromatic nitrogens is 4. The smallest absolute Gasteiger partial charge is 0.319 e. The number of nitrogens with one attached hydrogen (secondary N) is 1. The number of hydrogen-bond acceptors (Lipinski definition) is 8. The summed E-state index contributed by atoms with van der Waals surface area (Å²) in [5, 5.41) is 9.91. The molecular formula is C31H37ClN6O3. The van der Waals surface area contributed by atoms with E-state index >= 15 is 0 Å². The van der Waals surface area contributed by atoms with E-state index in [1.165, 1.54) is 12.8 Å². The lowest BCUT2D eigenvalue weighted by Crippen LogP contribution is -2.32. The number of anilines is 1. The van der Waals surface area contributed by atoms with Crippen LogP contribution in [0.25, 0.3) is 32.9 Å². The van der Waals surface area contributed by atoms with Gasteiger partial charge in [0.25, 0.3) is 0 Å². The fourth-order valence-corrected chi connectivity index (χ4v) is 6.81. The number of H-pyrrole nitrogens is 1. The molecule has 1 N–H and O–H groups in total. The van der Waals surface area contributed by atoms with Crippen LogP contribution in [0.15, 0.2) is 24.4 Å². The van der Waals surface area contributed by atoms with E-state index in [0.717, 1.165) is 89.6 Å². The maximum Gasteiger partial charge on any atom is 0.319 e. The molecule has 10 heteroatoms. The average Bonchev–Trinajstić information content (AvgIpc) is 3.76. The Bertz CT molecular complexity index is 1560. The summed E-state index contributed by atoms with van der Waals surface area (Å²) >= 11 is 7.23. The van der Waals surface area contributed by atoms with Gasteiger partial charge in [0.15, 0.2) is 5.75 Å². The van der Waals surface area contributed by atoms with E-state index in [1.807, 2.05) is 18.3 Å². The molecule has 5 heterocycles. The number of likely N-dealkylation sites (N-methyl/N-ethyl adjacent to an activating group) is 1. The standard InChI is InChI=1S/C31H37ClN6O3/c1-19-8-9-25-23(16-33-36-25)26(19)27-24(32)15-22-28(29(27)41-21-10-14-39-18-21)34-31(40-17-20-7-6-11-37(20)2)35-30(22)38-12-4-3-5-13-38/h8-9,15-16,20-21H,3-7,10-14,17-18H2,1-2H3,(H,33,36)/t20-,21?/m0/s1. The van der Waals surface area contributed by atoms with Crippen LogP contribution in [0.1, 0.15) is 44.1 Å². The van der Waals surface area contributed by atoms with Crippen LogP contribution in [0.4, 0.5) is 5.82 Å². The second-order valence-corrected chi connectivity index (χ2v) is 12.0. The molecule has 2 aromatic carbocycles. The highest BCUT2D eigenvalue weighted by atomic mass is 35.5. The fourth-order valence-electron chi connectivity index (χ4n) is 6.52. The lowest BCUT2D eigenvalue weighted by Gasteiger charge is -2.30. The minimum atomic E-state index is -0.0933. The van der Waals surface area contributed by atoms with Crippen LogP contribution in [-0.4, -0.2) is 83.7 Å². The lowest BCUT2D eigenvalue weighted by molar-refractivity contribution is 0.142. The van der Waals surface area contributed by atoms with E-state index in [4.69, 9.17) is 35.8 Å². The molecule has 0 saturated carbocycles. The molecule has 2 atom stereocenters. The summed E-state index contributed by atoms with van der Waals surface area (Å²) in [6, 6.07) is 6.90. The maximum atomic E-state index is 7.23. The van der Waals surface area contributed by atoms with Gasteiger partial charge in [-0.25, -0.2) is 0 Å². The van der Waals surface area contributed by atoms with Gasteiger partial charge in [0.2, 0.25) is 0 Å². The molecular weight excluding hydrogens is 540 g/mol. The van der Waals surface area contributed by atoms with Gasteiger partial charge in [-0.05, 0) is 70.3 Å².